The number of carbonyl (C=O) groups is 3. The standard InChI is InChI=1S/C13H20O9/c1-6(15)19-10-9(5-14)22-13(18-4)12(21-8(3)17)11(10)20-7(2)16/h9-14H,5H2,1-4H3/t9-,10-,11+,12-,13+/m0/s1. The Morgan fingerprint density at radius 3 is 1.77 bits per heavy atom. The van der Waals surface area contributed by atoms with Crippen molar-refractivity contribution in [2.45, 2.75) is 51.5 Å². The van der Waals surface area contributed by atoms with Gasteiger partial charge in [-0.3, -0.25) is 14.4 Å². The van der Waals surface area contributed by atoms with Crippen LogP contribution in [0.3, 0.4) is 0 Å². The zero-order valence-electron chi connectivity index (χ0n) is 12.8. The molecule has 1 saturated heterocycles. The summed E-state index contributed by atoms with van der Waals surface area (Å²) < 4.78 is 25.7. The van der Waals surface area contributed by atoms with Gasteiger partial charge >= 0.3 is 17.9 Å². The Kier molecular flexibility index (Phi) is 6.72. The van der Waals surface area contributed by atoms with Gasteiger partial charge in [-0.25, -0.2) is 0 Å². The normalized spacial score (nSPS) is 31.2. The zero-order valence-corrected chi connectivity index (χ0v) is 12.8. The number of rotatable bonds is 5. The predicted octanol–water partition coefficient (Wildman–Crippen LogP) is -0.855. The maximum atomic E-state index is 11.3. The Balaban J connectivity index is 3.14. The van der Waals surface area contributed by atoms with Gasteiger partial charge in [0, 0.05) is 27.9 Å². The Labute approximate surface area is 127 Å². The van der Waals surface area contributed by atoms with Crippen molar-refractivity contribution in [1.29, 1.82) is 0 Å². The number of ether oxygens (including phenoxy) is 5. The highest BCUT2D eigenvalue weighted by molar-refractivity contribution is 5.68. The van der Waals surface area contributed by atoms with Gasteiger partial charge in [0.15, 0.2) is 24.6 Å². The lowest BCUT2D eigenvalue weighted by Crippen LogP contribution is -2.62. The summed E-state index contributed by atoms with van der Waals surface area (Å²) in [6.07, 6.45) is -5.52. The van der Waals surface area contributed by atoms with Crippen LogP contribution < -0.4 is 0 Å². The van der Waals surface area contributed by atoms with Crippen LogP contribution in [0.15, 0.2) is 0 Å². The van der Waals surface area contributed by atoms with E-state index in [2.05, 4.69) is 0 Å². The summed E-state index contributed by atoms with van der Waals surface area (Å²) in [4.78, 5) is 33.8. The van der Waals surface area contributed by atoms with E-state index in [0.717, 1.165) is 20.8 Å². The molecular weight excluding hydrogens is 300 g/mol. The molecule has 0 amide bonds. The van der Waals surface area contributed by atoms with Crippen molar-refractivity contribution >= 4 is 17.9 Å². The van der Waals surface area contributed by atoms with Gasteiger partial charge in [0.2, 0.25) is 0 Å². The predicted molar refractivity (Wildman–Crippen MR) is 69.4 cm³/mol. The van der Waals surface area contributed by atoms with Gasteiger partial charge in [0.25, 0.3) is 0 Å². The smallest absolute Gasteiger partial charge is 0.303 e. The summed E-state index contributed by atoms with van der Waals surface area (Å²) in [5.41, 5.74) is 0. The van der Waals surface area contributed by atoms with Crippen molar-refractivity contribution in [3.8, 4) is 0 Å². The Hall–Kier alpha value is -1.71. The lowest BCUT2D eigenvalue weighted by atomic mass is 9.98. The minimum absolute atomic E-state index is 0.512. The molecule has 0 saturated carbocycles. The molecule has 1 rings (SSSR count). The van der Waals surface area contributed by atoms with E-state index < -0.39 is 55.2 Å². The van der Waals surface area contributed by atoms with Crippen LogP contribution in [0, 0.1) is 0 Å². The topological polar surface area (TPSA) is 118 Å². The first-order valence-corrected chi connectivity index (χ1v) is 6.61. The van der Waals surface area contributed by atoms with Gasteiger partial charge < -0.3 is 28.8 Å². The minimum atomic E-state index is -1.17. The van der Waals surface area contributed by atoms with Crippen LogP contribution in [0.4, 0.5) is 0 Å². The van der Waals surface area contributed by atoms with Gasteiger partial charge in [-0.2, -0.15) is 0 Å². The number of aliphatic hydroxyl groups is 1. The Morgan fingerprint density at radius 2 is 1.36 bits per heavy atom. The fourth-order valence-electron chi connectivity index (χ4n) is 2.19. The van der Waals surface area contributed by atoms with Crippen LogP contribution in [0.2, 0.25) is 0 Å². The molecule has 0 aromatic carbocycles. The van der Waals surface area contributed by atoms with Crippen molar-refractivity contribution in [3.05, 3.63) is 0 Å². The zero-order chi connectivity index (χ0) is 16.9. The van der Waals surface area contributed by atoms with Crippen molar-refractivity contribution in [3.63, 3.8) is 0 Å². The van der Waals surface area contributed by atoms with Crippen LogP contribution >= 0.6 is 0 Å². The van der Waals surface area contributed by atoms with Gasteiger partial charge in [0.05, 0.1) is 6.61 Å². The molecule has 0 aromatic rings. The van der Waals surface area contributed by atoms with E-state index in [1.54, 1.807) is 0 Å². The molecule has 0 radical (unpaired) electrons. The lowest BCUT2D eigenvalue weighted by molar-refractivity contribution is -0.302. The first-order valence-electron chi connectivity index (χ1n) is 6.61. The molecule has 0 spiro atoms. The molecule has 0 unspecified atom stereocenters. The number of methoxy groups -OCH3 is 1. The SMILES string of the molecule is CO[C@@H]1O[C@@H](CO)[C@H](OC(C)=O)[C@@H](OC(C)=O)[C@@H]1OC(C)=O. The summed E-state index contributed by atoms with van der Waals surface area (Å²) in [5, 5.41) is 9.39. The molecule has 1 fully saturated rings. The van der Waals surface area contributed by atoms with Crippen LogP contribution in [0.5, 0.6) is 0 Å². The average molecular weight is 320 g/mol. The molecule has 22 heavy (non-hydrogen) atoms. The highest BCUT2D eigenvalue weighted by atomic mass is 16.7. The monoisotopic (exact) mass is 320 g/mol. The van der Waals surface area contributed by atoms with Gasteiger partial charge in [-0.15, -0.1) is 0 Å². The fraction of sp³-hybridized carbons (Fsp3) is 0.769. The third-order valence-electron chi connectivity index (χ3n) is 2.91. The van der Waals surface area contributed by atoms with E-state index in [0.29, 0.717) is 0 Å². The average Bonchev–Trinajstić information content (AvgIpc) is 2.41. The number of aliphatic hydroxyl groups excluding tert-OH is 1. The summed E-state index contributed by atoms with van der Waals surface area (Å²) in [6.45, 7) is 2.96. The summed E-state index contributed by atoms with van der Waals surface area (Å²) in [7, 11) is 1.30. The van der Waals surface area contributed by atoms with E-state index in [4.69, 9.17) is 23.7 Å². The minimum Gasteiger partial charge on any atom is -0.456 e. The molecule has 5 atom stereocenters. The first-order chi connectivity index (χ1) is 10.3. The summed E-state index contributed by atoms with van der Waals surface area (Å²) in [6, 6.07) is 0. The van der Waals surface area contributed by atoms with Gasteiger partial charge in [-0.1, -0.05) is 0 Å². The lowest BCUT2D eigenvalue weighted by Gasteiger charge is -2.43. The molecular formula is C13H20O9. The van der Waals surface area contributed by atoms with Crippen molar-refractivity contribution < 1.29 is 43.2 Å². The second-order valence-corrected chi connectivity index (χ2v) is 4.68. The maximum absolute atomic E-state index is 11.3. The molecule has 1 aliphatic heterocycles. The number of carbonyl (C=O) groups excluding carboxylic acids is 3. The van der Waals surface area contributed by atoms with Crippen LogP contribution in [0.1, 0.15) is 20.8 Å². The van der Waals surface area contributed by atoms with Crippen LogP contribution in [-0.4, -0.2) is 67.4 Å². The van der Waals surface area contributed by atoms with Crippen molar-refractivity contribution in [1.82, 2.24) is 0 Å². The van der Waals surface area contributed by atoms with Crippen LogP contribution in [0.25, 0.3) is 0 Å². The van der Waals surface area contributed by atoms with Crippen LogP contribution in [-0.2, 0) is 38.1 Å². The van der Waals surface area contributed by atoms with Crippen molar-refractivity contribution in [2.24, 2.45) is 0 Å². The molecule has 1 aliphatic rings. The highest BCUT2D eigenvalue weighted by Gasteiger charge is 2.51. The second kappa shape index (κ2) is 8.06. The quantitative estimate of drug-likeness (QED) is 0.510. The highest BCUT2D eigenvalue weighted by Crippen LogP contribution is 2.28. The Bertz CT molecular complexity index is 392. The molecule has 0 aliphatic carbocycles. The van der Waals surface area contributed by atoms with Crippen molar-refractivity contribution in [2.75, 3.05) is 13.7 Å². The molecule has 0 bridgehead atoms. The van der Waals surface area contributed by atoms with Gasteiger partial charge in [0.1, 0.15) is 6.10 Å². The van der Waals surface area contributed by atoms with E-state index >= 15 is 0 Å². The third-order valence-corrected chi connectivity index (χ3v) is 2.91. The third kappa shape index (κ3) is 4.65. The summed E-state index contributed by atoms with van der Waals surface area (Å²) in [5.74, 6) is -1.99. The largest absolute Gasteiger partial charge is 0.456 e. The van der Waals surface area contributed by atoms with Gasteiger partial charge in [-0.05, 0) is 0 Å². The second-order valence-electron chi connectivity index (χ2n) is 4.68. The van der Waals surface area contributed by atoms with E-state index in [1.165, 1.54) is 7.11 Å². The molecule has 9 heteroatoms. The molecule has 9 nitrogen and oxygen atoms in total. The molecule has 0 aromatic heterocycles. The number of hydrogen-bond acceptors (Lipinski definition) is 9. The number of hydrogen-bond donors (Lipinski definition) is 1. The van der Waals surface area contributed by atoms with E-state index in [1.807, 2.05) is 0 Å². The maximum Gasteiger partial charge on any atom is 0.303 e. The Morgan fingerprint density at radius 1 is 0.909 bits per heavy atom. The fourth-order valence-corrected chi connectivity index (χ4v) is 2.19. The van der Waals surface area contributed by atoms with E-state index in [-0.39, 0.29) is 0 Å². The molecule has 1 N–H and O–H groups in total. The first kappa shape index (κ1) is 18.3. The molecule has 126 valence electrons. The van der Waals surface area contributed by atoms with E-state index in [9.17, 15) is 19.5 Å². The molecule has 1 heterocycles. The number of esters is 3. The summed E-state index contributed by atoms with van der Waals surface area (Å²) >= 11 is 0.